The maximum Gasteiger partial charge on any atom is 0.272 e. The number of aryl methyl sites for hydroxylation is 1. The molecule has 0 aliphatic rings. The maximum absolute atomic E-state index is 11.8. The summed E-state index contributed by atoms with van der Waals surface area (Å²) in [5.74, 6) is -0.269. The maximum atomic E-state index is 11.8. The van der Waals surface area contributed by atoms with Gasteiger partial charge in [-0.15, -0.1) is 11.8 Å². The molecule has 5 heteroatoms. The van der Waals surface area contributed by atoms with E-state index < -0.39 is 0 Å². The first-order chi connectivity index (χ1) is 9.69. The van der Waals surface area contributed by atoms with E-state index in [1.165, 1.54) is 11.1 Å². The lowest BCUT2D eigenvalue weighted by Crippen LogP contribution is -2.17. The molecule has 1 N–H and O–H groups in total. The van der Waals surface area contributed by atoms with E-state index in [4.69, 9.17) is 0 Å². The molecule has 0 saturated carbocycles. The third-order valence-electron chi connectivity index (χ3n) is 2.67. The number of hydrogen-bond donors (Lipinski definition) is 1. The van der Waals surface area contributed by atoms with E-state index in [9.17, 15) is 4.79 Å². The van der Waals surface area contributed by atoms with Crippen LogP contribution in [0.2, 0.25) is 0 Å². The van der Waals surface area contributed by atoms with Crippen LogP contribution in [0.3, 0.4) is 0 Å². The average molecular weight is 285 g/mol. The molecule has 0 unspecified atom stereocenters. The van der Waals surface area contributed by atoms with Crippen LogP contribution in [0.4, 0.5) is 0 Å². The number of benzene rings is 1. The summed E-state index contributed by atoms with van der Waals surface area (Å²) in [4.78, 5) is 17.0. The van der Waals surface area contributed by atoms with E-state index >= 15 is 0 Å². The lowest BCUT2D eigenvalue weighted by molar-refractivity contribution is 0.0955. The van der Waals surface area contributed by atoms with Crippen molar-refractivity contribution in [1.29, 1.82) is 0 Å². The second-order valence-corrected chi connectivity index (χ2v) is 5.04. The summed E-state index contributed by atoms with van der Waals surface area (Å²) in [6.07, 6.45) is 5.18. The molecule has 0 fully saturated rings. The van der Waals surface area contributed by atoms with Gasteiger partial charge < -0.3 is 0 Å². The number of carbonyl (C=O) groups excluding carboxylic acids is 1. The molecule has 0 bridgehead atoms. The Balaban J connectivity index is 1.95. The number of carbonyl (C=O) groups is 1. The molecule has 1 heterocycles. The number of pyridine rings is 1. The van der Waals surface area contributed by atoms with Crippen molar-refractivity contribution in [3.63, 3.8) is 0 Å². The minimum Gasteiger partial charge on any atom is -0.267 e. The molecule has 0 atom stereocenters. The number of nitrogens with one attached hydrogen (secondary N) is 1. The molecule has 102 valence electrons. The SMILES string of the molecule is CSc1ccc(/C=N\NC(=O)c2ccc(C)nc2)cc1. The summed E-state index contributed by atoms with van der Waals surface area (Å²) < 4.78 is 0. The molecule has 0 aliphatic carbocycles. The number of thioether (sulfide) groups is 1. The predicted molar refractivity (Wildman–Crippen MR) is 82.3 cm³/mol. The number of aromatic nitrogens is 1. The third kappa shape index (κ3) is 3.93. The highest BCUT2D eigenvalue weighted by atomic mass is 32.2. The molecule has 4 nitrogen and oxygen atoms in total. The van der Waals surface area contributed by atoms with Crippen LogP contribution in [-0.4, -0.2) is 23.4 Å². The molecule has 0 spiro atoms. The number of amides is 1. The first kappa shape index (κ1) is 14.3. The quantitative estimate of drug-likeness (QED) is 0.534. The zero-order chi connectivity index (χ0) is 14.4. The molecule has 0 saturated heterocycles. The second kappa shape index (κ2) is 6.86. The minimum absolute atomic E-state index is 0.269. The Morgan fingerprint density at radius 3 is 2.60 bits per heavy atom. The largest absolute Gasteiger partial charge is 0.272 e. The van der Waals surface area contributed by atoms with Gasteiger partial charge in [-0.25, -0.2) is 5.43 Å². The molecule has 2 aromatic rings. The van der Waals surface area contributed by atoms with E-state index in [0.717, 1.165) is 11.3 Å². The molecule has 1 amide bonds. The van der Waals surface area contributed by atoms with E-state index in [0.29, 0.717) is 5.56 Å². The fourth-order valence-electron chi connectivity index (χ4n) is 1.52. The molecule has 2 rings (SSSR count). The van der Waals surface area contributed by atoms with Crippen molar-refractivity contribution in [2.45, 2.75) is 11.8 Å². The second-order valence-electron chi connectivity index (χ2n) is 4.16. The van der Waals surface area contributed by atoms with Crippen LogP contribution in [0.5, 0.6) is 0 Å². The fraction of sp³-hybridized carbons (Fsp3) is 0.133. The zero-order valence-corrected chi connectivity index (χ0v) is 12.1. The molecule has 1 aromatic heterocycles. The Morgan fingerprint density at radius 2 is 2.00 bits per heavy atom. The predicted octanol–water partition coefficient (Wildman–Crippen LogP) is 2.88. The lowest BCUT2D eigenvalue weighted by atomic mass is 10.2. The van der Waals surface area contributed by atoms with Gasteiger partial charge in [0.25, 0.3) is 5.91 Å². The highest BCUT2D eigenvalue weighted by Crippen LogP contribution is 2.13. The smallest absolute Gasteiger partial charge is 0.267 e. The van der Waals surface area contributed by atoms with Crippen LogP contribution in [0.15, 0.2) is 52.6 Å². The summed E-state index contributed by atoms with van der Waals surface area (Å²) in [6, 6.07) is 11.4. The topological polar surface area (TPSA) is 54.4 Å². The van der Waals surface area contributed by atoms with Gasteiger partial charge in [-0.05, 0) is 43.0 Å². The van der Waals surface area contributed by atoms with Gasteiger partial charge in [-0.1, -0.05) is 12.1 Å². The highest BCUT2D eigenvalue weighted by Gasteiger charge is 2.03. The zero-order valence-electron chi connectivity index (χ0n) is 11.3. The Morgan fingerprint density at radius 1 is 1.25 bits per heavy atom. The Kier molecular flexibility index (Phi) is 4.90. The average Bonchev–Trinajstić information content (AvgIpc) is 2.48. The van der Waals surface area contributed by atoms with Gasteiger partial charge >= 0.3 is 0 Å². The van der Waals surface area contributed by atoms with Crippen LogP contribution < -0.4 is 5.43 Å². The van der Waals surface area contributed by atoms with Crippen LogP contribution in [0, 0.1) is 6.92 Å². The van der Waals surface area contributed by atoms with Crippen LogP contribution >= 0.6 is 11.8 Å². The number of nitrogens with zero attached hydrogens (tertiary/aromatic N) is 2. The molecule has 20 heavy (non-hydrogen) atoms. The van der Waals surface area contributed by atoms with Gasteiger partial charge in [0.05, 0.1) is 11.8 Å². The monoisotopic (exact) mass is 285 g/mol. The lowest BCUT2D eigenvalue weighted by Gasteiger charge is -2.00. The van der Waals surface area contributed by atoms with Gasteiger partial charge in [0.2, 0.25) is 0 Å². The third-order valence-corrected chi connectivity index (χ3v) is 3.41. The van der Waals surface area contributed by atoms with Crippen LogP contribution in [0.1, 0.15) is 21.6 Å². The summed E-state index contributed by atoms with van der Waals surface area (Å²) in [5.41, 5.74) is 4.78. The van der Waals surface area contributed by atoms with E-state index in [-0.39, 0.29) is 5.91 Å². The van der Waals surface area contributed by atoms with Gasteiger partial charge in [0, 0.05) is 16.8 Å². The Hall–Kier alpha value is -2.14. The molecular formula is C15H15N3OS. The summed E-state index contributed by atoms with van der Waals surface area (Å²) in [6.45, 7) is 1.87. The van der Waals surface area contributed by atoms with Crippen molar-refractivity contribution < 1.29 is 4.79 Å². The summed E-state index contributed by atoms with van der Waals surface area (Å²) >= 11 is 1.68. The number of hydrogen-bond acceptors (Lipinski definition) is 4. The van der Waals surface area contributed by atoms with Crippen LogP contribution in [-0.2, 0) is 0 Å². The number of hydrazone groups is 1. The van der Waals surface area contributed by atoms with E-state index in [1.807, 2.05) is 37.4 Å². The van der Waals surface area contributed by atoms with Crippen molar-refractivity contribution >= 4 is 23.9 Å². The highest BCUT2D eigenvalue weighted by molar-refractivity contribution is 7.98. The molecule has 1 aromatic carbocycles. The Bertz CT molecular complexity index is 606. The summed E-state index contributed by atoms with van der Waals surface area (Å²) in [7, 11) is 0. The van der Waals surface area contributed by atoms with E-state index in [1.54, 1.807) is 30.1 Å². The van der Waals surface area contributed by atoms with Crippen molar-refractivity contribution in [3.8, 4) is 0 Å². The standard InChI is InChI=1S/C15H15N3OS/c1-11-3-6-13(10-16-11)15(19)18-17-9-12-4-7-14(20-2)8-5-12/h3-10H,1-2H3,(H,18,19)/b17-9-. The fourth-order valence-corrected chi connectivity index (χ4v) is 1.93. The first-order valence-corrected chi connectivity index (χ1v) is 7.31. The summed E-state index contributed by atoms with van der Waals surface area (Å²) in [5, 5.41) is 3.94. The number of rotatable bonds is 4. The van der Waals surface area contributed by atoms with Crippen molar-refractivity contribution in [3.05, 3.63) is 59.4 Å². The van der Waals surface area contributed by atoms with Crippen LogP contribution in [0.25, 0.3) is 0 Å². The molecule has 0 aliphatic heterocycles. The van der Waals surface area contributed by atoms with Crippen molar-refractivity contribution in [1.82, 2.24) is 10.4 Å². The van der Waals surface area contributed by atoms with Gasteiger partial charge in [-0.3, -0.25) is 9.78 Å². The van der Waals surface area contributed by atoms with Gasteiger partial charge in [-0.2, -0.15) is 5.10 Å². The van der Waals surface area contributed by atoms with Crippen molar-refractivity contribution in [2.75, 3.05) is 6.26 Å². The Labute approximate surface area is 122 Å². The van der Waals surface area contributed by atoms with E-state index in [2.05, 4.69) is 15.5 Å². The first-order valence-electron chi connectivity index (χ1n) is 6.09. The minimum atomic E-state index is -0.269. The van der Waals surface area contributed by atoms with Gasteiger partial charge in [0.15, 0.2) is 0 Å². The normalized spacial score (nSPS) is 10.7. The molecule has 0 radical (unpaired) electrons. The van der Waals surface area contributed by atoms with Crippen molar-refractivity contribution in [2.24, 2.45) is 5.10 Å². The van der Waals surface area contributed by atoms with Gasteiger partial charge in [0.1, 0.15) is 0 Å². The molecular weight excluding hydrogens is 270 g/mol.